The molecule has 0 saturated carbocycles. The van der Waals surface area contributed by atoms with Gasteiger partial charge in [0, 0.05) is 16.7 Å². The maximum Gasteiger partial charge on any atom is 0.252 e. The molecular weight excluding hydrogens is 423 g/mol. The number of rotatable bonds is 5. The van der Waals surface area contributed by atoms with Gasteiger partial charge in [-0.2, -0.15) is 0 Å². The monoisotopic (exact) mass is 448 g/mol. The van der Waals surface area contributed by atoms with Crippen LogP contribution in [0.1, 0.15) is 47.2 Å². The number of carbonyl (C=O) groups is 1. The molecule has 0 aromatic heterocycles. The smallest absolute Gasteiger partial charge is 0.252 e. The standard InChI is InChI=1S/C21H25IN2O/c22-20-8-4-3-7-19(20)21(25)23-15-17-9-11-18(12-10-17)16-24-13-5-1-2-6-14-24/h3-4,7-12H,1-2,5-6,13-16H2,(H,23,25). The number of halogens is 1. The molecule has 3 nitrogen and oxygen atoms in total. The number of nitrogens with zero attached hydrogens (tertiary/aromatic N) is 1. The van der Waals surface area contributed by atoms with Crippen molar-refractivity contribution in [2.45, 2.75) is 38.8 Å². The minimum atomic E-state index is -0.0151. The summed E-state index contributed by atoms with van der Waals surface area (Å²) in [4.78, 5) is 14.8. The van der Waals surface area contributed by atoms with Crippen molar-refractivity contribution in [2.75, 3.05) is 13.1 Å². The number of nitrogens with one attached hydrogen (secondary N) is 1. The summed E-state index contributed by atoms with van der Waals surface area (Å²) in [7, 11) is 0. The maximum atomic E-state index is 12.3. The highest BCUT2D eigenvalue weighted by molar-refractivity contribution is 14.1. The van der Waals surface area contributed by atoms with E-state index in [0.29, 0.717) is 6.54 Å². The van der Waals surface area contributed by atoms with Gasteiger partial charge in [0.25, 0.3) is 5.91 Å². The number of carbonyl (C=O) groups excluding carboxylic acids is 1. The average Bonchev–Trinajstić information content (AvgIpc) is 2.90. The third kappa shape index (κ3) is 5.54. The van der Waals surface area contributed by atoms with Gasteiger partial charge in [-0.05, 0) is 71.8 Å². The van der Waals surface area contributed by atoms with Crippen LogP contribution in [0.15, 0.2) is 48.5 Å². The molecule has 1 saturated heterocycles. The molecular formula is C21H25IN2O. The minimum absolute atomic E-state index is 0.0151. The first-order valence-electron chi connectivity index (χ1n) is 9.05. The Balaban J connectivity index is 1.52. The van der Waals surface area contributed by atoms with Crippen molar-refractivity contribution in [1.82, 2.24) is 10.2 Å². The molecule has 0 aliphatic carbocycles. The van der Waals surface area contributed by atoms with E-state index in [1.54, 1.807) is 0 Å². The lowest BCUT2D eigenvalue weighted by Gasteiger charge is -2.19. The van der Waals surface area contributed by atoms with Gasteiger partial charge in [0.05, 0.1) is 5.56 Å². The fourth-order valence-corrected chi connectivity index (χ4v) is 3.87. The Kier molecular flexibility index (Phi) is 6.87. The topological polar surface area (TPSA) is 32.3 Å². The molecule has 1 fully saturated rings. The van der Waals surface area contributed by atoms with Crippen LogP contribution in [0.25, 0.3) is 0 Å². The van der Waals surface area contributed by atoms with E-state index >= 15 is 0 Å². The second-order valence-corrected chi connectivity index (χ2v) is 7.83. The Morgan fingerprint density at radius 3 is 2.24 bits per heavy atom. The molecule has 1 N–H and O–H groups in total. The summed E-state index contributed by atoms with van der Waals surface area (Å²) < 4.78 is 0.977. The minimum Gasteiger partial charge on any atom is -0.348 e. The van der Waals surface area contributed by atoms with Gasteiger partial charge in [0.1, 0.15) is 0 Å². The van der Waals surface area contributed by atoms with E-state index in [1.165, 1.54) is 44.3 Å². The molecule has 2 aromatic rings. The Bertz CT molecular complexity index is 691. The van der Waals surface area contributed by atoms with Gasteiger partial charge < -0.3 is 5.32 Å². The average molecular weight is 448 g/mol. The predicted octanol–water partition coefficient (Wildman–Crippen LogP) is 4.60. The second-order valence-electron chi connectivity index (χ2n) is 6.67. The first-order valence-corrected chi connectivity index (χ1v) is 10.1. The largest absolute Gasteiger partial charge is 0.348 e. The van der Waals surface area contributed by atoms with Crippen LogP contribution in [0.4, 0.5) is 0 Å². The molecule has 0 bridgehead atoms. The van der Waals surface area contributed by atoms with Crippen LogP contribution in [-0.4, -0.2) is 23.9 Å². The van der Waals surface area contributed by atoms with Crippen LogP contribution in [0.5, 0.6) is 0 Å². The quantitative estimate of drug-likeness (QED) is 0.679. The summed E-state index contributed by atoms with van der Waals surface area (Å²) in [6.45, 7) is 4.03. The summed E-state index contributed by atoms with van der Waals surface area (Å²) in [5, 5.41) is 3.01. The van der Waals surface area contributed by atoms with Crippen LogP contribution >= 0.6 is 22.6 Å². The van der Waals surface area contributed by atoms with Gasteiger partial charge in [-0.15, -0.1) is 0 Å². The van der Waals surface area contributed by atoms with Gasteiger partial charge in [-0.1, -0.05) is 49.2 Å². The Hall–Kier alpha value is -1.40. The highest BCUT2D eigenvalue weighted by atomic mass is 127. The number of hydrogen-bond acceptors (Lipinski definition) is 2. The molecule has 1 aliphatic heterocycles. The van der Waals surface area contributed by atoms with Gasteiger partial charge in [0.15, 0.2) is 0 Å². The Labute approximate surface area is 164 Å². The van der Waals surface area contributed by atoms with Crippen molar-refractivity contribution >= 4 is 28.5 Å². The highest BCUT2D eigenvalue weighted by Crippen LogP contribution is 2.14. The normalized spacial score (nSPS) is 15.6. The summed E-state index contributed by atoms with van der Waals surface area (Å²) in [6, 6.07) is 16.3. The molecule has 0 unspecified atom stereocenters. The lowest BCUT2D eigenvalue weighted by atomic mass is 10.1. The first kappa shape index (κ1) is 18.4. The van der Waals surface area contributed by atoms with Gasteiger partial charge in [0.2, 0.25) is 0 Å². The predicted molar refractivity (Wildman–Crippen MR) is 111 cm³/mol. The Morgan fingerprint density at radius 2 is 1.56 bits per heavy atom. The van der Waals surface area contributed by atoms with E-state index in [-0.39, 0.29) is 5.91 Å². The van der Waals surface area contributed by atoms with E-state index in [2.05, 4.69) is 57.1 Å². The Morgan fingerprint density at radius 1 is 0.920 bits per heavy atom. The van der Waals surface area contributed by atoms with Crippen molar-refractivity contribution in [3.05, 3.63) is 68.8 Å². The molecule has 25 heavy (non-hydrogen) atoms. The molecule has 3 rings (SSSR count). The molecule has 0 atom stereocenters. The van der Waals surface area contributed by atoms with Crippen molar-refractivity contribution < 1.29 is 4.79 Å². The van der Waals surface area contributed by atoms with Crippen LogP contribution in [0, 0.1) is 3.57 Å². The summed E-state index contributed by atoms with van der Waals surface area (Å²) >= 11 is 2.20. The van der Waals surface area contributed by atoms with E-state index in [4.69, 9.17) is 0 Å². The van der Waals surface area contributed by atoms with Crippen LogP contribution in [0.3, 0.4) is 0 Å². The molecule has 4 heteroatoms. The number of likely N-dealkylation sites (tertiary alicyclic amines) is 1. The van der Waals surface area contributed by atoms with Crippen molar-refractivity contribution in [3.63, 3.8) is 0 Å². The van der Waals surface area contributed by atoms with Crippen LogP contribution < -0.4 is 5.32 Å². The lowest BCUT2D eigenvalue weighted by molar-refractivity contribution is 0.0950. The fraction of sp³-hybridized carbons (Fsp3) is 0.381. The summed E-state index contributed by atoms with van der Waals surface area (Å²) in [5.41, 5.74) is 3.23. The lowest BCUT2D eigenvalue weighted by Crippen LogP contribution is -2.24. The van der Waals surface area contributed by atoms with E-state index in [1.807, 2.05) is 24.3 Å². The highest BCUT2D eigenvalue weighted by Gasteiger charge is 2.10. The molecule has 2 aromatic carbocycles. The van der Waals surface area contributed by atoms with Crippen molar-refractivity contribution in [2.24, 2.45) is 0 Å². The molecule has 132 valence electrons. The zero-order valence-electron chi connectivity index (χ0n) is 14.5. The fourth-order valence-electron chi connectivity index (χ4n) is 3.24. The zero-order chi connectivity index (χ0) is 17.5. The number of hydrogen-bond donors (Lipinski definition) is 1. The SMILES string of the molecule is O=C(NCc1ccc(CN2CCCCCC2)cc1)c1ccccc1I. The van der Waals surface area contributed by atoms with Crippen LogP contribution in [0.2, 0.25) is 0 Å². The van der Waals surface area contributed by atoms with Gasteiger partial charge in [-0.25, -0.2) is 0 Å². The van der Waals surface area contributed by atoms with Gasteiger partial charge >= 0.3 is 0 Å². The van der Waals surface area contributed by atoms with E-state index < -0.39 is 0 Å². The van der Waals surface area contributed by atoms with Crippen molar-refractivity contribution in [1.29, 1.82) is 0 Å². The third-order valence-corrected chi connectivity index (χ3v) is 5.64. The molecule has 1 amide bonds. The summed E-state index contributed by atoms with van der Waals surface area (Å²) in [5.74, 6) is -0.0151. The van der Waals surface area contributed by atoms with Gasteiger partial charge in [-0.3, -0.25) is 9.69 Å². The molecule has 1 heterocycles. The first-order chi connectivity index (χ1) is 12.2. The maximum absolute atomic E-state index is 12.3. The van der Waals surface area contributed by atoms with E-state index in [9.17, 15) is 4.79 Å². The molecule has 0 radical (unpaired) electrons. The number of benzene rings is 2. The molecule has 1 aliphatic rings. The zero-order valence-corrected chi connectivity index (χ0v) is 16.7. The number of amides is 1. The third-order valence-electron chi connectivity index (χ3n) is 4.70. The van der Waals surface area contributed by atoms with Crippen molar-refractivity contribution in [3.8, 4) is 0 Å². The van der Waals surface area contributed by atoms with Crippen LogP contribution in [-0.2, 0) is 13.1 Å². The summed E-state index contributed by atoms with van der Waals surface area (Å²) in [6.07, 6.45) is 5.38. The molecule has 0 spiro atoms. The second kappa shape index (κ2) is 9.34. The van der Waals surface area contributed by atoms with E-state index in [0.717, 1.165) is 21.2 Å².